The molecule has 1 rings (SSSR count). The Balaban J connectivity index is 2.58. The summed E-state index contributed by atoms with van der Waals surface area (Å²) in [5.74, 6) is 0.0798. The number of hydrogen-bond donors (Lipinski definition) is 2. The van der Waals surface area contributed by atoms with Gasteiger partial charge in [-0.3, -0.25) is 5.41 Å². The highest BCUT2D eigenvalue weighted by Gasteiger charge is 2.02. The molecule has 0 bridgehead atoms. The Labute approximate surface area is 74.9 Å². The van der Waals surface area contributed by atoms with E-state index in [0.717, 1.165) is 16.3 Å². The minimum Gasteiger partial charge on any atom is -0.384 e. The quantitative estimate of drug-likeness (QED) is 0.533. The minimum absolute atomic E-state index is 0.0798. The summed E-state index contributed by atoms with van der Waals surface area (Å²) in [5, 5.41) is 8.10. The lowest BCUT2D eigenvalue weighted by Gasteiger charge is -1.92. The highest BCUT2D eigenvalue weighted by molar-refractivity contribution is 7.13. The van der Waals surface area contributed by atoms with Crippen LogP contribution in [0.3, 0.4) is 0 Å². The summed E-state index contributed by atoms with van der Waals surface area (Å²) in [6, 6.07) is 0. The lowest BCUT2D eigenvalue weighted by Crippen LogP contribution is -2.08. The lowest BCUT2D eigenvalue weighted by molar-refractivity contribution is 0.202. The molecule has 0 saturated heterocycles. The van der Waals surface area contributed by atoms with Crippen LogP contribution in [-0.2, 0) is 11.2 Å². The number of nitrogen functional groups attached to an aromatic ring is 1. The number of nitrogens with one attached hydrogen (secondary N) is 1. The van der Waals surface area contributed by atoms with Gasteiger partial charge in [0.2, 0.25) is 0 Å². The van der Waals surface area contributed by atoms with Gasteiger partial charge < -0.3 is 10.5 Å². The first-order chi connectivity index (χ1) is 5.74. The second-order valence-electron chi connectivity index (χ2n) is 2.27. The van der Waals surface area contributed by atoms with E-state index in [-0.39, 0.29) is 5.84 Å². The van der Waals surface area contributed by atoms with Gasteiger partial charge in [0.15, 0.2) is 0 Å². The van der Waals surface area contributed by atoms with Gasteiger partial charge in [-0.25, -0.2) is 4.98 Å². The summed E-state index contributed by atoms with van der Waals surface area (Å²) in [4.78, 5) is 4.82. The summed E-state index contributed by atoms with van der Waals surface area (Å²) < 4.78 is 4.90. The average Bonchev–Trinajstić information content (AvgIpc) is 2.48. The summed E-state index contributed by atoms with van der Waals surface area (Å²) in [6.07, 6.45) is 2.41. The molecule has 0 amide bonds. The smallest absolute Gasteiger partial charge is 0.134 e. The van der Waals surface area contributed by atoms with Crippen LogP contribution in [0.25, 0.3) is 0 Å². The number of thiazole rings is 1. The second-order valence-corrected chi connectivity index (χ2v) is 3.39. The number of nitrogens with zero attached hydrogens (tertiary/aromatic N) is 1. The first-order valence-corrected chi connectivity index (χ1v) is 4.33. The zero-order valence-corrected chi connectivity index (χ0v) is 7.65. The maximum atomic E-state index is 7.14. The number of ether oxygens (including phenoxy) is 1. The fourth-order valence-corrected chi connectivity index (χ4v) is 1.50. The normalized spacial score (nSPS) is 10.1. The fraction of sp³-hybridized carbons (Fsp3) is 0.429. The Kier molecular flexibility index (Phi) is 3.19. The Morgan fingerprint density at radius 1 is 1.83 bits per heavy atom. The molecule has 3 N–H and O–H groups in total. The summed E-state index contributed by atoms with van der Waals surface area (Å²) in [5.41, 5.74) is 5.28. The molecule has 12 heavy (non-hydrogen) atoms. The number of hydrogen-bond acceptors (Lipinski definition) is 4. The van der Waals surface area contributed by atoms with E-state index in [4.69, 9.17) is 15.9 Å². The minimum atomic E-state index is 0.0798. The van der Waals surface area contributed by atoms with Crippen molar-refractivity contribution in [3.63, 3.8) is 0 Å². The standard InChI is InChI=1S/C7H11N3OS/c1-11-3-2-6-10-4-5(12-6)7(8)9/h4H,2-3H2,1H3,(H3,8,9). The van der Waals surface area contributed by atoms with Gasteiger partial charge in [0.1, 0.15) is 5.84 Å². The molecule has 0 radical (unpaired) electrons. The second kappa shape index (κ2) is 4.18. The maximum Gasteiger partial charge on any atom is 0.134 e. The summed E-state index contributed by atoms with van der Waals surface area (Å²) in [7, 11) is 1.65. The van der Waals surface area contributed by atoms with E-state index in [9.17, 15) is 0 Å². The van der Waals surface area contributed by atoms with Crippen molar-refractivity contribution in [3.05, 3.63) is 16.1 Å². The van der Waals surface area contributed by atoms with Crippen LogP contribution < -0.4 is 5.73 Å². The predicted molar refractivity (Wildman–Crippen MR) is 48.7 cm³/mol. The van der Waals surface area contributed by atoms with E-state index in [1.54, 1.807) is 13.3 Å². The number of methoxy groups -OCH3 is 1. The molecule has 1 aromatic rings. The van der Waals surface area contributed by atoms with Crippen LogP contribution in [0.4, 0.5) is 0 Å². The molecule has 0 unspecified atom stereocenters. The monoisotopic (exact) mass is 185 g/mol. The molecular weight excluding hydrogens is 174 g/mol. The van der Waals surface area contributed by atoms with Crippen molar-refractivity contribution in [2.45, 2.75) is 6.42 Å². The third-order valence-electron chi connectivity index (χ3n) is 1.34. The number of rotatable bonds is 4. The first-order valence-electron chi connectivity index (χ1n) is 3.52. The van der Waals surface area contributed by atoms with Gasteiger partial charge in [-0.1, -0.05) is 0 Å². The van der Waals surface area contributed by atoms with Crippen molar-refractivity contribution in [1.29, 1.82) is 5.41 Å². The van der Waals surface area contributed by atoms with Crippen molar-refractivity contribution in [3.8, 4) is 0 Å². The van der Waals surface area contributed by atoms with E-state index >= 15 is 0 Å². The molecular formula is C7H11N3OS. The van der Waals surface area contributed by atoms with Gasteiger partial charge in [-0.05, 0) is 0 Å². The fourth-order valence-electron chi connectivity index (χ4n) is 0.740. The number of amidine groups is 1. The Hall–Kier alpha value is -0.940. The van der Waals surface area contributed by atoms with Gasteiger partial charge in [0.25, 0.3) is 0 Å². The van der Waals surface area contributed by atoms with Crippen LogP contribution in [0.15, 0.2) is 6.20 Å². The van der Waals surface area contributed by atoms with Crippen LogP contribution >= 0.6 is 11.3 Å². The first kappa shape index (κ1) is 9.15. The molecule has 0 spiro atoms. The zero-order chi connectivity index (χ0) is 8.97. The van der Waals surface area contributed by atoms with Gasteiger partial charge in [0, 0.05) is 19.7 Å². The lowest BCUT2D eigenvalue weighted by atomic mass is 10.5. The molecule has 0 aliphatic heterocycles. The zero-order valence-electron chi connectivity index (χ0n) is 6.83. The van der Waals surface area contributed by atoms with Crippen molar-refractivity contribution in [2.24, 2.45) is 5.73 Å². The van der Waals surface area contributed by atoms with Crippen LogP contribution in [0, 0.1) is 5.41 Å². The van der Waals surface area contributed by atoms with E-state index in [1.807, 2.05) is 0 Å². The third kappa shape index (κ3) is 2.28. The Morgan fingerprint density at radius 3 is 3.08 bits per heavy atom. The average molecular weight is 185 g/mol. The molecule has 1 heterocycles. The van der Waals surface area contributed by atoms with Crippen molar-refractivity contribution in [1.82, 2.24) is 4.98 Å². The highest BCUT2D eigenvalue weighted by atomic mass is 32.1. The van der Waals surface area contributed by atoms with Crippen LogP contribution in [0.5, 0.6) is 0 Å². The van der Waals surface area contributed by atoms with Crippen molar-refractivity contribution in [2.75, 3.05) is 13.7 Å². The van der Waals surface area contributed by atoms with Gasteiger partial charge >= 0.3 is 0 Å². The predicted octanol–water partition coefficient (Wildman–Crippen LogP) is 0.616. The molecule has 0 aromatic carbocycles. The Morgan fingerprint density at radius 2 is 2.58 bits per heavy atom. The topological polar surface area (TPSA) is 72.0 Å². The molecule has 0 saturated carbocycles. The van der Waals surface area contributed by atoms with Crippen molar-refractivity contribution < 1.29 is 4.74 Å². The van der Waals surface area contributed by atoms with Gasteiger partial charge in [-0.2, -0.15) is 0 Å². The molecule has 0 aliphatic carbocycles. The number of aromatic nitrogens is 1. The molecule has 0 atom stereocenters. The highest BCUT2D eigenvalue weighted by Crippen LogP contribution is 2.12. The van der Waals surface area contributed by atoms with E-state index in [0.29, 0.717) is 6.61 Å². The maximum absolute atomic E-state index is 7.14. The third-order valence-corrected chi connectivity index (χ3v) is 2.43. The van der Waals surface area contributed by atoms with E-state index in [2.05, 4.69) is 4.98 Å². The molecule has 4 nitrogen and oxygen atoms in total. The molecule has 66 valence electrons. The molecule has 0 fully saturated rings. The SMILES string of the molecule is COCCc1ncc(C(=N)N)s1. The van der Waals surface area contributed by atoms with E-state index in [1.165, 1.54) is 11.3 Å². The van der Waals surface area contributed by atoms with Gasteiger partial charge in [-0.15, -0.1) is 11.3 Å². The molecule has 0 aliphatic rings. The van der Waals surface area contributed by atoms with Crippen LogP contribution in [-0.4, -0.2) is 24.5 Å². The molecule has 5 heteroatoms. The van der Waals surface area contributed by atoms with Crippen molar-refractivity contribution >= 4 is 17.2 Å². The summed E-state index contributed by atoms with van der Waals surface area (Å²) >= 11 is 1.44. The van der Waals surface area contributed by atoms with Crippen LogP contribution in [0.2, 0.25) is 0 Å². The largest absolute Gasteiger partial charge is 0.384 e. The van der Waals surface area contributed by atoms with Gasteiger partial charge in [0.05, 0.1) is 16.5 Å². The molecule has 1 aromatic heterocycles. The van der Waals surface area contributed by atoms with Crippen LogP contribution in [0.1, 0.15) is 9.88 Å². The summed E-state index contributed by atoms with van der Waals surface area (Å²) in [6.45, 7) is 0.658. The Bertz CT molecular complexity index is 271. The number of nitrogens with two attached hydrogens (primary N) is 1. The van der Waals surface area contributed by atoms with E-state index < -0.39 is 0 Å².